The summed E-state index contributed by atoms with van der Waals surface area (Å²) in [6.45, 7) is 4.63. The van der Waals surface area contributed by atoms with Gasteiger partial charge in [-0.1, -0.05) is 48.0 Å². The summed E-state index contributed by atoms with van der Waals surface area (Å²) in [5.74, 6) is -0.317. The molecule has 1 aromatic heterocycles. The van der Waals surface area contributed by atoms with Crippen LogP contribution >= 0.6 is 11.8 Å². The summed E-state index contributed by atoms with van der Waals surface area (Å²) in [6.07, 6.45) is 1.96. The van der Waals surface area contributed by atoms with Crippen molar-refractivity contribution in [1.29, 1.82) is 0 Å². The molecule has 2 heterocycles. The molecule has 0 unspecified atom stereocenters. The normalized spacial score (nSPS) is 16.4. The van der Waals surface area contributed by atoms with E-state index in [9.17, 15) is 9.18 Å². The fraction of sp³-hybridized carbons (Fsp3) is 0.143. The van der Waals surface area contributed by atoms with Crippen molar-refractivity contribution < 1.29 is 9.18 Å². The molecule has 4 aromatic rings. The van der Waals surface area contributed by atoms with Crippen molar-refractivity contribution in [1.82, 2.24) is 9.47 Å². The number of benzene rings is 3. The van der Waals surface area contributed by atoms with E-state index in [1.165, 1.54) is 17.8 Å². The van der Waals surface area contributed by atoms with Crippen molar-refractivity contribution in [2.45, 2.75) is 20.4 Å². The van der Waals surface area contributed by atoms with Crippen LogP contribution in [-0.4, -0.2) is 27.6 Å². The van der Waals surface area contributed by atoms with Gasteiger partial charge in [-0.3, -0.25) is 9.69 Å². The Hall–Kier alpha value is -3.64. The molecule has 1 amide bonds. The highest BCUT2D eigenvalue weighted by molar-refractivity contribution is 8.18. The van der Waals surface area contributed by atoms with Gasteiger partial charge in [-0.25, -0.2) is 9.38 Å². The first kappa shape index (κ1) is 22.2. The lowest BCUT2D eigenvalue weighted by Gasteiger charge is -2.09. The zero-order valence-electron chi connectivity index (χ0n) is 19.2. The molecular weight excluding hydrogens is 445 g/mol. The Labute approximate surface area is 202 Å². The molecule has 0 atom stereocenters. The highest BCUT2D eigenvalue weighted by Crippen LogP contribution is 2.36. The predicted octanol–water partition coefficient (Wildman–Crippen LogP) is 6.68. The van der Waals surface area contributed by atoms with E-state index in [1.807, 2.05) is 62.4 Å². The number of likely N-dealkylation sites (N-methyl/N-ethyl adjacent to an activating group) is 1. The van der Waals surface area contributed by atoms with Gasteiger partial charge in [0.15, 0.2) is 5.17 Å². The van der Waals surface area contributed by atoms with E-state index in [-0.39, 0.29) is 11.7 Å². The van der Waals surface area contributed by atoms with Crippen LogP contribution < -0.4 is 0 Å². The highest BCUT2D eigenvalue weighted by Gasteiger charge is 2.31. The Morgan fingerprint density at radius 1 is 1.00 bits per heavy atom. The molecule has 1 aliphatic heterocycles. The van der Waals surface area contributed by atoms with Crippen molar-refractivity contribution in [3.8, 4) is 0 Å². The second kappa shape index (κ2) is 8.95. The Morgan fingerprint density at radius 3 is 2.53 bits per heavy atom. The van der Waals surface area contributed by atoms with Gasteiger partial charge in [-0.2, -0.15) is 0 Å². The van der Waals surface area contributed by atoms with Crippen molar-refractivity contribution in [2.75, 3.05) is 7.05 Å². The SMILES string of the molecule is Cc1ccc(N=C2S/C(=C/c3c(C)n(Cc4cccc(F)c4)c4ccccc34)C(=O)N2C)cc1. The van der Waals surface area contributed by atoms with Gasteiger partial charge in [-0.05, 0) is 67.6 Å². The Morgan fingerprint density at radius 2 is 1.76 bits per heavy atom. The lowest BCUT2D eigenvalue weighted by Crippen LogP contribution is -2.23. The molecule has 5 rings (SSSR count). The number of amides is 1. The smallest absolute Gasteiger partial charge is 0.266 e. The topological polar surface area (TPSA) is 37.6 Å². The highest BCUT2D eigenvalue weighted by atomic mass is 32.2. The van der Waals surface area contributed by atoms with Crippen LogP contribution in [0.2, 0.25) is 0 Å². The van der Waals surface area contributed by atoms with Crippen molar-refractivity contribution in [3.63, 3.8) is 0 Å². The molecule has 0 aliphatic carbocycles. The van der Waals surface area contributed by atoms with Gasteiger partial charge < -0.3 is 4.57 Å². The molecule has 4 nitrogen and oxygen atoms in total. The average Bonchev–Trinajstić information content (AvgIpc) is 3.24. The minimum atomic E-state index is -0.245. The molecule has 0 N–H and O–H groups in total. The predicted molar refractivity (Wildman–Crippen MR) is 139 cm³/mol. The Bertz CT molecular complexity index is 1470. The van der Waals surface area contributed by atoms with E-state index in [4.69, 9.17) is 0 Å². The maximum absolute atomic E-state index is 13.8. The number of carbonyl (C=O) groups is 1. The van der Waals surface area contributed by atoms with Crippen molar-refractivity contribution in [2.24, 2.45) is 4.99 Å². The maximum Gasteiger partial charge on any atom is 0.266 e. The van der Waals surface area contributed by atoms with Gasteiger partial charge in [0.1, 0.15) is 5.82 Å². The van der Waals surface area contributed by atoms with Crippen LogP contribution in [0.5, 0.6) is 0 Å². The number of fused-ring (bicyclic) bond motifs is 1. The molecule has 3 aromatic carbocycles. The molecule has 0 saturated carbocycles. The van der Waals surface area contributed by atoms with Crippen molar-refractivity contribution >= 4 is 45.5 Å². The molecule has 0 spiro atoms. The average molecular weight is 470 g/mol. The number of nitrogens with zero attached hydrogens (tertiary/aromatic N) is 3. The van der Waals surface area contributed by atoms with Gasteiger partial charge >= 0.3 is 0 Å². The molecule has 1 aliphatic rings. The first-order chi connectivity index (χ1) is 16.4. The lowest BCUT2D eigenvalue weighted by atomic mass is 10.1. The molecule has 1 fully saturated rings. The van der Waals surface area contributed by atoms with E-state index in [1.54, 1.807) is 24.1 Å². The van der Waals surface area contributed by atoms with Gasteiger partial charge in [0.2, 0.25) is 0 Å². The summed E-state index contributed by atoms with van der Waals surface area (Å²) in [4.78, 5) is 20.0. The number of carbonyl (C=O) groups excluding carboxylic acids is 1. The van der Waals surface area contributed by atoms with Crippen LogP contribution in [-0.2, 0) is 11.3 Å². The van der Waals surface area contributed by atoms with Crippen molar-refractivity contribution in [3.05, 3.63) is 106 Å². The number of rotatable bonds is 4. The van der Waals surface area contributed by atoms with E-state index < -0.39 is 0 Å². The van der Waals surface area contributed by atoms with Gasteiger partial charge in [0.05, 0.1) is 10.6 Å². The number of aromatic nitrogens is 1. The van der Waals surface area contributed by atoms with Crippen LogP contribution in [0.25, 0.3) is 17.0 Å². The molecule has 1 saturated heterocycles. The lowest BCUT2D eigenvalue weighted by molar-refractivity contribution is -0.121. The standard InChI is InChI=1S/C28H24FN3OS/c1-18-11-13-22(14-12-18)30-28-31(3)27(33)26(34-28)16-24-19(2)32(25-10-5-4-9-23(24)25)17-20-7-6-8-21(29)15-20/h4-16H,17H2,1-3H3/b26-16+,30-28?. The third-order valence-corrected chi connectivity index (χ3v) is 7.11. The number of aliphatic imine (C=N–C) groups is 1. The molecule has 0 radical (unpaired) electrons. The van der Waals surface area contributed by atoms with E-state index >= 15 is 0 Å². The second-order valence-electron chi connectivity index (χ2n) is 8.44. The van der Waals surface area contributed by atoms with Crippen LogP contribution in [0.1, 0.15) is 22.4 Å². The second-order valence-corrected chi connectivity index (χ2v) is 9.45. The number of thioether (sulfide) groups is 1. The van der Waals surface area contributed by atoms with E-state index in [0.29, 0.717) is 16.6 Å². The van der Waals surface area contributed by atoms with Crippen LogP contribution in [0, 0.1) is 19.7 Å². The van der Waals surface area contributed by atoms with E-state index in [2.05, 4.69) is 21.7 Å². The first-order valence-electron chi connectivity index (χ1n) is 11.1. The number of aryl methyl sites for hydroxylation is 1. The number of hydrogen-bond acceptors (Lipinski definition) is 3. The summed E-state index contributed by atoms with van der Waals surface area (Å²) in [5, 5.41) is 1.71. The Balaban J connectivity index is 1.54. The number of hydrogen-bond donors (Lipinski definition) is 0. The molecular formula is C28H24FN3OS. The summed E-state index contributed by atoms with van der Waals surface area (Å²) in [7, 11) is 1.75. The Kier molecular flexibility index (Phi) is 5.84. The summed E-state index contributed by atoms with van der Waals surface area (Å²) in [6, 6.07) is 22.7. The fourth-order valence-electron chi connectivity index (χ4n) is 4.17. The zero-order valence-corrected chi connectivity index (χ0v) is 20.1. The quantitative estimate of drug-likeness (QED) is 0.313. The van der Waals surface area contributed by atoms with Crippen LogP contribution in [0.15, 0.2) is 82.7 Å². The first-order valence-corrected chi connectivity index (χ1v) is 11.9. The van der Waals surface area contributed by atoms with Gasteiger partial charge in [0, 0.05) is 35.8 Å². The fourth-order valence-corrected chi connectivity index (χ4v) is 5.14. The zero-order chi connectivity index (χ0) is 23.8. The number of amidine groups is 1. The molecule has 34 heavy (non-hydrogen) atoms. The van der Waals surface area contributed by atoms with E-state index in [0.717, 1.165) is 39.0 Å². The van der Waals surface area contributed by atoms with Crippen LogP contribution in [0.3, 0.4) is 0 Å². The minimum Gasteiger partial charge on any atom is -0.340 e. The third kappa shape index (κ3) is 4.17. The number of para-hydroxylation sites is 1. The van der Waals surface area contributed by atoms with Gasteiger partial charge in [0.25, 0.3) is 5.91 Å². The summed E-state index contributed by atoms with van der Waals surface area (Å²) < 4.78 is 15.9. The molecule has 6 heteroatoms. The monoisotopic (exact) mass is 469 g/mol. The molecule has 170 valence electrons. The molecule has 0 bridgehead atoms. The minimum absolute atomic E-state index is 0.0720. The summed E-state index contributed by atoms with van der Waals surface area (Å²) >= 11 is 1.38. The number of halogens is 1. The van der Waals surface area contributed by atoms with Crippen LogP contribution in [0.4, 0.5) is 10.1 Å². The van der Waals surface area contributed by atoms with Gasteiger partial charge in [-0.15, -0.1) is 0 Å². The summed E-state index contributed by atoms with van der Waals surface area (Å²) in [5.41, 5.74) is 5.94. The largest absolute Gasteiger partial charge is 0.340 e. The third-order valence-electron chi connectivity index (χ3n) is 6.05. The maximum atomic E-state index is 13.8.